The molecule has 25 heavy (non-hydrogen) atoms. The number of hydrogen-bond donors (Lipinski definition) is 0. The average molecular weight is 406 g/mol. The second-order valence-electron chi connectivity index (χ2n) is 5.24. The Kier molecular flexibility index (Phi) is 6.05. The molecule has 0 unspecified atom stereocenters. The van der Waals surface area contributed by atoms with E-state index in [0.717, 1.165) is 16.4 Å². The molecule has 0 aliphatic carbocycles. The normalized spacial score (nSPS) is 11.6. The quantitative estimate of drug-likeness (QED) is 0.710. The Balaban J connectivity index is 2.24. The third-order valence-electron chi connectivity index (χ3n) is 3.31. The number of carbonyl (C=O) groups is 1. The first kappa shape index (κ1) is 19.7. The third kappa shape index (κ3) is 4.49. The number of halogens is 3. The maximum atomic E-state index is 13.0. The third-order valence-corrected chi connectivity index (χ3v) is 5.80. The zero-order valence-corrected chi connectivity index (χ0v) is 15.6. The van der Waals surface area contributed by atoms with Crippen molar-refractivity contribution in [2.45, 2.75) is 11.5 Å². The van der Waals surface area contributed by atoms with Gasteiger partial charge in [-0.25, -0.2) is 21.9 Å². The van der Waals surface area contributed by atoms with Gasteiger partial charge in [-0.3, -0.25) is 0 Å². The molecule has 2 rings (SSSR count). The Hall–Kier alpha value is -1.67. The lowest BCUT2D eigenvalue weighted by atomic mass is 10.2. The number of nitrogens with zero attached hydrogens (tertiary/aromatic N) is 1. The fourth-order valence-corrected chi connectivity index (χ4v) is 3.24. The van der Waals surface area contributed by atoms with Crippen LogP contribution in [0.5, 0.6) is 0 Å². The summed E-state index contributed by atoms with van der Waals surface area (Å²) in [6.45, 7) is -0.209. The first-order valence-electron chi connectivity index (χ1n) is 6.96. The molecule has 0 heterocycles. The number of ether oxygens (including phenoxy) is 1. The van der Waals surface area contributed by atoms with Gasteiger partial charge in [-0.15, -0.1) is 0 Å². The summed E-state index contributed by atoms with van der Waals surface area (Å²) in [6.07, 6.45) is 0. The van der Waals surface area contributed by atoms with Gasteiger partial charge in [-0.1, -0.05) is 29.3 Å². The molecule has 0 N–H and O–H groups in total. The van der Waals surface area contributed by atoms with E-state index in [-0.39, 0.29) is 27.1 Å². The summed E-state index contributed by atoms with van der Waals surface area (Å²) in [5.41, 5.74) is 0.312. The Labute approximate surface area is 155 Å². The van der Waals surface area contributed by atoms with Gasteiger partial charge < -0.3 is 4.74 Å². The van der Waals surface area contributed by atoms with Gasteiger partial charge in [0, 0.05) is 19.7 Å². The van der Waals surface area contributed by atoms with Gasteiger partial charge in [0.2, 0.25) is 10.0 Å². The second-order valence-corrected chi connectivity index (χ2v) is 8.21. The zero-order valence-electron chi connectivity index (χ0n) is 13.3. The van der Waals surface area contributed by atoms with Crippen LogP contribution in [-0.2, 0) is 21.4 Å². The molecule has 9 heteroatoms. The minimum absolute atomic E-state index is 0.0490. The SMILES string of the molecule is CN(C)S(=O)(=O)c1ccc(Cl)c(C(=O)OCc2ccc(F)cc2Cl)c1. The molecular formula is C16H14Cl2FNO4S. The molecule has 0 fully saturated rings. The molecule has 0 bridgehead atoms. The van der Waals surface area contributed by atoms with Gasteiger partial charge in [0.15, 0.2) is 0 Å². The summed E-state index contributed by atoms with van der Waals surface area (Å²) in [6, 6.07) is 7.42. The monoisotopic (exact) mass is 405 g/mol. The molecular weight excluding hydrogens is 392 g/mol. The van der Waals surface area contributed by atoms with Crippen molar-refractivity contribution >= 4 is 39.2 Å². The van der Waals surface area contributed by atoms with E-state index in [4.69, 9.17) is 27.9 Å². The number of esters is 1. The number of hydrogen-bond acceptors (Lipinski definition) is 4. The summed E-state index contributed by atoms with van der Waals surface area (Å²) in [5, 5.41) is 0.163. The minimum Gasteiger partial charge on any atom is -0.457 e. The van der Waals surface area contributed by atoms with Crippen molar-refractivity contribution in [1.82, 2.24) is 4.31 Å². The van der Waals surface area contributed by atoms with Crippen LogP contribution in [0.3, 0.4) is 0 Å². The lowest BCUT2D eigenvalue weighted by Crippen LogP contribution is -2.22. The van der Waals surface area contributed by atoms with Crippen molar-refractivity contribution in [3.8, 4) is 0 Å². The van der Waals surface area contributed by atoms with Gasteiger partial charge in [-0.05, 0) is 30.3 Å². The molecule has 0 radical (unpaired) electrons. The fourth-order valence-electron chi connectivity index (χ4n) is 1.89. The lowest BCUT2D eigenvalue weighted by molar-refractivity contribution is 0.0472. The van der Waals surface area contributed by atoms with Crippen LogP contribution in [0.1, 0.15) is 15.9 Å². The van der Waals surface area contributed by atoms with Crippen LogP contribution >= 0.6 is 23.2 Å². The van der Waals surface area contributed by atoms with Crippen molar-refractivity contribution in [1.29, 1.82) is 0 Å². The van der Waals surface area contributed by atoms with Crippen LogP contribution in [0.2, 0.25) is 10.0 Å². The predicted molar refractivity (Wildman–Crippen MR) is 92.9 cm³/mol. The molecule has 0 aromatic heterocycles. The van der Waals surface area contributed by atoms with E-state index in [1.807, 2.05) is 0 Å². The van der Waals surface area contributed by atoms with E-state index >= 15 is 0 Å². The Morgan fingerprint density at radius 2 is 1.80 bits per heavy atom. The highest BCUT2D eigenvalue weighted by molar-refractivity contribution is 7.89. The van der Waals surface area contributed by atoms with E-state index in [1.54, 1.807) is 0 Å². The molecule has 0 amide bonds. The van der Waals surface area contributed by atoms with Gasteiger partial charge in [0.25, 0.3) is 0 Å². The number of carbonyl (C=O) groups excluding carboxylic acids is 1. The summed E-state index contributed by atoms with van der Waals surface area (Å²) < 4.78 is 43.4. The molecule has 5 nitrogen and oxygen atoms in total. The molecule has 134 valence electrons. The summed E-state index contributed by atoms with van der Waals surface area (Å²) in [4.78, 5) is 12.1. The number of sulfonamides is 1. The predicted octanol–water partition coefficient (Wildman–Crippen LogP) is 3.74. The number of rotatable bonds is 5. The highest BCUT2D eigenvalue weighted by Gasteiger charge is 2.21. The van der Waals surface area contributed by atoms with E-state index in [0.29, 0.717) is 5.56 Å². The molecule has 2 aromatic carbocycles. The minimum atomic E-state index is -3.72. The standard InChI is InChI=1S/C16H14Cl2FNO4S/c1-20(2)25(22,23)12-5-6-14(17)13(8-12)16(21)24-9-10-3-4-11(19)7-15(10)18/h3-8H,9H2,1-2H3. The topological polar surface area (TPSA) is 63.7 Å². The molecule has 0 aliphatic rings. The first-order valence-corrected chi connectivity index (χ1v) is 9.15. The van der Waals surface area contributed by atoms with E-state index < -0.39 is 21.8 Å². The van der Waals surface area contributed by atoms with E-state index in [1.165, 1.54) is 38.4 Å². The fraction of sp³-hybridized carbons (Fsp3) is 0.188. The summed E-state index contributed by atoms with van der Waals surface area (Å²) in [7, 11) is -0.977. The summed E-state index contributed by atoms with van der Waals surface area (Å²) >= 11 is 11.8. The Morgan fingerprint density at radius 1 is 1.12 bits per heavy atom. The maximum Gasteiger partial charge on any atom is 0.340 e. The van der Waals surface area contributed by atoms with Crippen LogP contribution in [0.25, 0.3) is 0 Å². The average Bonchev–Trinajstić information content (AvgIpc) is 2.53. The van der Waals surface area contributed by atoms with Crippen molar-refractivity contribution in [3.63, 3.8) is 0 Å². The Bertz CT molecular complexity index is 916. The second kappa shape index (κ2) is 7.70. The molecule has 0 aliphatic heterocycles. The largest absolute Gasteiger partial charge is 0.457 e. The van der Waals surface area contributed by atoms with Crippen molar-refractivity contribution < 1.29 is 22.3 Å². The van der Waals surface area contributed by atoms with Gasteiger partial charge in [0.1, 0.15) is 12.4 Å². The lowest BCUT2D eigenvalue weighted by Gasteiger charge is -2.13. The van der Waals surface area contributed by atoms with Gasteiger partial charge in [0.05, 0.1) is 20.5 Å². The highest BCUT2D eigenvalue weighted by Crippen LogP contribution is 2.24. The molecule has 0 atom stereocenters. The smallest absolute Gasteiger partial charge is 0.340 e. The zero-order chi connectivity index (χ0) is 18.8. The first-order chi connectivity index (χ1) is 11.6. The summed E-state index contributed by atoms with van der Waals surface area (Å²) in [5.74, 6) is -1.33. The molecule has 2 aromatic rings. The molecule has 0 saturated heterocycles. The van der Waals surface area contributed by atoms with Crippen LogP contribution in [0, 0.1) is 5.82 Å². The highest BCUT2D eigenvalue weighted by atomic mass is 35.5. The van der Waals surface area contributed by atoms with Crippen LogP contribution in [0.4, 0.5) is 4.39 Å². The van der Waals surface area contributed by atoms with Gasteiger partial charge in [-0.2, -0.15) is 0 Å². The van der Waals surface area contributed by atoms with E-state index in [9.17, 15) is 17.6 Å². The van der Waals surface area contributed by atoms with Crippen LogP contribution in [0.15, 0.2) is 41.3 Å². The van der Waals surface area contributed by atoms with Crippen LogP contribution < -0.4 is 0 Å². The van der Waals surface area contributed by atoms with Crippen molar-refractivity contribution in [2.24, 2.45) is 0 Å². The number of benzene rings is 2. The van der Waals surface area contributed by atoms with Crippen molar-refractivity contribution in [3.05, 3.63) is 63.4 Å². The molecule has 0 spiro atoms. The van der Waals surface area contributed by atoms with Crippen LogP contribution in [-0.4, -0.2) is 32.8 Å². The van der Waals surface area contributed by atoms with Crippen molar-refractivity contribution in [2.75, 3.05) is 14.1 Å². The van der Waals surface area contributed by atoms with Gasteiger partial charge >= 0.3 is 5.97 Å². The van der Waals surface area contributed by atoms with E-state index in [2.05, 4.69) is 0 Å². The maximum absolute atomic E-state index is 13.0. The molecule has 0 saturated carbocycles. The Morgan fingerprint density at radius 3 is 2.40 bits per heavy atom.